The number of benzene rings is 1. The lowest BCUT2D eigenvalue weighted by atomic mass is 10.0. The summed E-state index contributed by atoms with van der Waals surface area (Å²) in [5.41, 5.74) is 2.15. The second kappa shape index (κ2) is 10.7. The van der Waals surface area contributed by atoms with E-state index in [4.69, 9.17) is 4.74 Å². The van der Waals surface area contributed by atoms with Crippen LogP contribution in [-0.4, -0.2) is 41.3 Å². The third kappa shape index (κ3) is 6.13. The molecule has 1 aromatic carbocycles. The lowest BCUT2D eigenvalue weighted by molar-refractivity contribution is 0.151. The average molecular weight is 478 g/mol. The summed E-state index contributed by atoms with van der Waals surface area (Å²) in [6, 6.07) is 9.38. The van der Waals surface area contributed by atoms with Crippen LogP contribution in [-0.2, 0) is 27.7 Å². The Morgan fingerprint density at radius 3 is 2.72 bits per heavy atom. The highest BCUT2D eigenvalue weighted by atomic mass is 32.2. The van der Waals surface area contributed by atoms with Crippen molar-refractivity contribution in [2.24, 2.45) is 5.92 Å². The van der Waals surface area contributed by atoms with Gasteiger partial charge in [0.05, 0.1) is 13.2 Å². The minimum Gasteiger partial charge on any atom is -0.449 e. The number of tetrazole rings is 1. The van der Waals surface area contributed by atoms with Crippen molar-refractivity contribution in [1.82, 2.24) is 24.9 Å². The molecule has 0 bridgehead atoms. The predicted molar refractivity (Wildman–Crippen MR) is 122 cm³/mol. The first-order valence-corrected chi connectivity index (χ1v) is 12.7. The number of unbranched alkanes of at least 4 members (excludes halogenated alkanes) is 1. The number of nitrogens with zero attached hydrogens (tertiary/aromatic N) is 4. The number of aromatic nitrogens is 4. The molecule has 1 amide bonds. The van der Waals surface area contributed by atoms with Crippen molar-refractivity contribution in [3.8, 4) is 11.1 Å². The maximum atomic E-state index is 13.2. The minimum absolute atomic E-state index is 0.0877. The van der Waals surface area contributed by atoms with E-state index in [9.17, 15) is 13.2 Å². The molecule has 172 valence electrons. The molecule has 0 aliphatic heterocycles. The quantitative estimate of drug-likeness (QED) is 0.441. The van der Waals surface area contributed by atoms with Crippen molar-refractivity contribution in [3.05, 3.63) is 47.1 Å². The molecular weight excluding hydrogens is 450 g/mol. The van der Waals surface area contributed by atoms with E-state index in [1.807, 2.05) is 37.3 Å². The summed E-state index contributed by atoms with van der Waals surface area (Å²) >= 11 is 1.17. The van der Waals surface area contributed by atoms with Gasteiger partial charge in [0, 0.05) is 10.4 Å². The fraction of sp³-hybridized carbons (Fsp3) is 0.429. The number of sulfonamides is 1. The molecule has 1 N–H and O–H groups in total. The lowest BCUT2D eigenvalue weighted by Crippen LogP contribution is -2.31. The molecule has 0 saturated carbocycles. The van der Waals surface area contributed by atoms with Crippen LogP contribution >= 0.6 is 11.3 Å². The minimum atomic E-state index is -4.12. The summed E-state index contributed by atoms with van der Waals surface area (Å²) in [4.78, 5) is 13.0. The fourth-order valence-electron chi connectivity index (χ4n) is 3.16. The average Bonchev–Trinajstić information content (AvgIpc) is 3.38. The van der Waals surface area contributed by atoms with Crippen molar-refractivity contribution in [1.29, 1.82) is 0 Å². The van der Waals surface area contributed by atoms with Gasteiger partial charge in [-0.3, -0.25) is 0 Å². The van der Waals surface area contributed by atoms with E-state index in [0.29, 0.717) is 24.4 Å². The van der Waals surface area contributed by atoms with E-state index in [1.54, 1.807) is 4.68 Å². The van der Waals surface area contributed by atoms with Crippen LogP contribution in [0.4, 0.5) is 4.79 Å². The van der Waals surface area contributed by atoms with Crippen LogP contribution in [0.2, 0.25) is 0 Å². The largest absolute Gasteiger partial charge is 0.449 e. The molecule has 2 heterocycles. The molecule has 0 aliphatic carbocycles. The van der Waals surface area contributed by atoms with Crippen LogP contribution in [0, 0.1) is 5.92 Å². The highest BCUT2D eigenvalue weighted by molar-refractivity contribution is 7.92. The maximum absolute atomic E-state index is 13.2. The second-order valence-corrected chi connectivity index (χ2v) is 10.8. The zero-order chi connectivity index (χ0) is 23.1. The molecule has 0 unspecified atom stereocenters. The van der Waals surface area contributed by atoms with Crippen molar-refractivity contribution in [2.45, 2.75) is 50.8 Å². The monoisotopic (exact) mass is 477 g/mol. The van der Waals surface area contributed by atoms with E-state index in [0.717, 1.165) is 28.8 Å². The number of carbonyl (C=O) groups is 1. The molecule has 3 aromatic rings. The molecule has 0 aliphatic rings. The molecule has 0 spiro atoms. The van der Waals surface area contributed by atoms with Crippen molar-refractivity contribution in [2.75, 3.05) is 6.61 Å². The van der Waals surface area contributed by atoms with Gasteiger partial charge < -0.3 is 4.74 Å². The van der Waals surface area contributed by atoms with E-state index in [2.05, 4.69) is 34.1 Å². The SMILES string of the molecule is CCCCOC(=O)NS(=O)(=O)c1sc(CC(C)C)cc1-c1ccccc1Cn1cnnn1. The Balaban J connectivity index is 2.00. The standard InChI is InChI=1S/C21H27N5O4S2/c1-4-5-10-30-21(27)23-32(28,29)20-19(12-17(31-20)11-15(2)3)18-9-7-6-8-16(18)13-26-14-22-24-25-26/h6-9,12,14-15H,4-5,10-11,13H2,1-3H3,(H,23,27). The van der Waals surface area contributed by atoms with Gasteiger partial charge >= 0.3 is 6.09 Å². The summed E-state index contributed by atoms with van der Waals surface area (Å²) in [7, 11) is -4.12. The van der Waals surface area contributed by atoms with E-state index in [1.165, 1.54) is 17.7 Å². The van der Waals surface area contributed by atoms with Gasteiger partial charge in [0.15, 0.2) is 0 Å². The van der Waals surface area contributed by atoms with Crippen LogP contribution in [0.15, 0.2) is 40.9 Å². The van der Waals surface area contributed by atoms with Crippen LogP contribution in [0.3, 0.4) is 0 Å². The van der Waals surface area contributed by atoms with Gasteiger partial charge in [0.1, 0.15) is 10.5 Å². The number of amides is 1. The van der Waals surface area contributed by atoms with Gasteiger partial charge in [-0.15, -0.1) is 16.4 Å². The first-order valence-electron chi connectivity index (χ1n) is 10.4. The van der Waals surface area contributed by atoms with E-state index < -0.39 is 16.1 Å². The number of nitrogens with one attached hydrogen (secondary N) is 1. The Kier molecular flexibility index (Phi) is 7.97. The van der Waals surface area contributed by atoms with Gasteiger partial charge in [-0.1, -0.05) is 51.5 Å². The van der Waals surface area contributed by atoms with Crippen molar-refractivity contribution in [3.63, 3.8) is 0 Å². The van der Waals surface area contributed by atoms with Gasteiger partial charge in [0.2, 0.25) is 0 Å². The topological polar surface area (TPSA) is 116 Å². The summed E-state index contributed by atoms with van der Waals surface area (Å²) < 4.78 is 35.0. The zero-order valence-corrected chi connectivity index (χ0v) is 19.9. The summed E-state index contributed by atoms with van der Waals surface area (Å²) in [6.07, 6.45) is 2.76. The molecule has 32 heavy (non-hydrogen) atoms. The maximum Gasteiger partial charge on any atom is 0.421 e. The Hall–Kier alpha value is -2.79. The van der Waals surface area contributed by atoms with E-state index in [-0.39, 0.29) is 10.8 Å². The summed E-state index contributed by atoms with van der Waals surface area (Å²) in [5.74, 6) is 0.348. The van der Waals surface area contributed by atoms with Crippen molar-refractivity contribution < 1.29 is 17.9 Å². The second-order valence-electron chi connectivity index (χ2n) is 7.77. The normalized spacial score (nSPS) is 11.6. The third-order valence-electron chi connectivity index (χ3n) is 4.58. The third-order valence-corrected chi connectivity index (χ3v) is 7.59. The number of thiophene rings is 1. The Bertz CT molecular complexity index is 1140. The Morgan fingerprint density at radius 1 is 1.25 bits per heavy atom. The molecule has 9 nitrogen and oxygen atoms in total. The van der Waals surface area contributed by atoms with Gasteiger partial charge in [-0.2, -0.15) is 0 Å². The highest BCUT2D eigenvalue weighted by Crippen LogP contribution is 2.38. The zero-order valence-electron chi connectivity index (χ0n) is 18.3. The first-order chi connectivity index (χ1) is 15.3. The molecule has 0 atom stereocenters. The van der Waals surface area contributed by atoms with Gasteiger partial charge in [-0.25, -0.2) is 22.6 Å². The summed E-state index contributed by atoms with van der Waals surface area (Å²) in [5, 5.41) is 11.2. The molecule has 3 rings (SSSR count). The molecular formula is C21H27N5O4S2. The van der Waals surface area contributed by atoms with Gasteiger partial charge in [0.25, 0.3) is 10.0 Å². The fourth-order valence-corrected chi connectivity index (χ4v) is 5.98. The Morgan fingerprint density at radius 2 is 2.03 bits per heavy atom. The smallest absolute Gasteiger partial charge is 0.421 e. The molecule has 11 heteroatoms. The number of ether oxygens (including phenoxy) is 1. The number of hydrogen-bond donors (Lipinski definition) is 1. The first kappa shape index (κ1) is 23.9. The predicted octanol–water partition coefficient (Wildman–Crippen LogP) is 3.86. The van der Waals surface area contributed by atoms with Gasteiger partial charge in [-0.05, 0) is 46.4 Å². The van der Waals surface area contributed by atoms with Crippen molar-refractivity contribution >= 4 is 27.5 Å². The number of hydrogen-bond acceptors (Lipinski definition) is 8. The lowest BCUT2D eigenvalue weighted by Gasteiger charge is -2.11. The number of carbonyl (C=O) groups excluding carboxylic acids is 1. The van der Waals surface area contributed by atoms with Crippen LogP contribution in [0.5, 0.6) is 0 Å². The Labute approximate surface area is 191 Å². The molecule has 2 aromatic heterocycles. The number of rotatable bonds is 10. The molecule has 0 radical (unpaired) electrons. The molecule has 0 saturated heterocycles. The van der Waals surface area contributed by atoms with E-state index >= 15 is 0 Å². The van der Waals surface area contributed by atoms with Crippen LogP contribution in [0.1, 0.15) is 44.1 Å². The van der Waals surface area contributed by atoms with Crippen LogP contribution in [0.25, 0.3) is 11.1 Å². The molecule has 0 fully saturated rings. The summed E-state index contributed by atoms with van der Waals surface area (Å²) in [6.45, 7) is 6.65. The van der Waals surface area contributed by atoms with Crippen LogP contribution < -0.4 is 4.72 Å². The highest BCUT2D eigenvalue weighted by Gasteiger charge is 2.27.